The second-order valence-electron chi connectivity index (χ2n) is 8.87. The minimum absolute atomic E-state index is 0.124. The Bertz CT molecular complexity index is 658. The van der Waals surface area contributed by atoms with Crippen molar-refractivity contribution in [2.75, 3.05) is 7.11 Å². The lowest BCUT2D eigenvalue weighted by molar-refractivity contribution is 0.0975. The van der Waals surface area contributed by atoms with E-state index in [2.05, 4.69) is 13.8 Å². The summed E-state index contributed by atoms with van der Waals surface area (Å²) in [6.45, 7) is 4.32. The van der Waals surface area contributed by atoms with Crippen LogP contribution in [0.5, 0.6) is 11.5 Å². The molecule has 1 aliphatic heterocycles. The zero-order chi connectivity index (χ0) is 22.5. The van der Waals surface area contributed by atoms with Crippen molar-refractivity contribution >= 4 is 5.78 Å². The van der Waals surface area contributed by atoms with Crippen LogP contribution < -0.4 is 9.47 Å². The molecule has 3 nitrogen and oxygen atoms in total. The van der Waals surface area contributed by atoms with Gasteiger partial charge in [0.05, 0.1) is 18.8 Å². The van der Waals surface area contributed by atoms with Crippen LogP contribution in [-0.2, 0) is 6.42 Å². The SMILES string of the molecule is [2H]C(CCCCCCCCCCCCCC)C(=O)c1cc2c(cc1OC)OC(C)CC2. The van der Waals surface area contributed by atoms with E-state index in [0.29, 0.717) is 17.7 Å². The summed E-state index contributed by atoms with van der Waals surface area (Å²) >= 11 is 0. The summed E-state index contributed by atoms with van der Waals surface area (Å²) in [6, 6.07) is 3.72. The number of aryl methyl sites for hydroxylation is 1. The lowest BCUT2D eigenvalue weighted by Crippen LogP contribution is -2.19. The molecule has 1 heterocycles. The van der Waals surface area contributed by atoms with Crippen LogP contribution in [0.3, 0.4) is 0 Å². The van der Waals surface area contributed by atoms with E-state index in [1.165, 1.54) is 64.2 Å². The van der Waals surface area contributed by atoms with Crippen molar-refractivity contribution in [2.45, 2.75) is 123 Å². The number of ether oxygens (including phenoxy) is 2. The Hall–Kier alpha value is -1.51. The summed E-state index contributed by atoms with van der Waals surface area (Å²) in [5, 5.41) is 0. The summed E-state index contributed by atoms with van der Waals surface area (Å²) in [7, 11) is 1.58. The second-order valence-corrected chi connectivity index (χ2v) is 8.87. The normalized spacial score (nSPS) is 17.0. The number of hydrogen-bond donors (Lipinski definition) is 0. The van der Waals surface area contributed by atoms with E-state index in [-0.39, 0.29) is 11.9 Å². The van der Waals surface area contributed by atoms with Crippen LogP contribution in [0.15, 0.2) is 12.1 Å². The number of unbranched alkanes of at least 4 members (excludes halogenated alkanes) is 11. The molecule has 1 aromatic carbocycles. The van der Waals surface area contributed by atoms with Crippen LogP contribution in [0.4, 0.5) is 0 Å². The lowest BCUT2D eigenvalue weighted by Gasteiger charge is -2.24. The average Bonchev–Trinajstić information content (AvgIpc) is 2.78. The van der Waals surface area contributed by atoms with Crippen LogP contribution in [0.2, 0.25) is 0 Å². The Morgan fingerprint density at radius 3 is 2.13 bits per heavy atom. The predicted molar refractivity (Wildman–Crippen MR) is 126 cm³/mol. The summed E-state index contributed by atoms with van der Waals surface area (Å²) in [6.07, 6.45) is 17.5. The van der Waals surface area contributed by atoms with Crippen molar-refractivity contribution in [3.8, 4) is 11.5 Å². The van der Waals surface area contributed by atoms with Gasteiger partial charge in [-0.05, 0) is 37.8 Å². The molecule has 2 rings (SSSR count). The van der Waals surface area contributed by atoms with Crippen LogP contribution >= 0.6 is 0 Å². The van der Waals surface area contributed by atoms with Crippen molar-refractivity contribution in [3.05, 3.63) is 23.3 Å². The van der Waals surface area contributed by atoms with Gasteiger partial charge in [0.1, 0.15) is 11.5 Å². The second kappa shape index (κ2) is 14.5. The minimum Gasteiger partial charge on any atom is -0.496 e. The van der Waals surface area contributed by atoms with Gasteiger partial charge in [-0.15, -0.1) is 0 Å². The summed E-state index contributed by atoms with van der Waals surface area (Å²) < 4.78 is 19.7. The predicted octanol–water partition coefficient (Wildman–Crippen LogP) is 8.07. The van der Waals surface area contributed by atoms with E-state index in [0.717, 1.165) is 37.0 Å². The van der Waals surface area contributed by atoms with Crippen LogP contribution in [-0.4, -0.2) is 19.0 Å². The Labute approximate surface area is 186 Å². The fourth-order valence-electron chi connectivity index (χ4n) is 4.24. The zero-order valence-corrected chi connectivity index (χ0v) is 19.6. The highest BCUT2D eigenvalue weighted by Gasteiger charge is 2.21. The molecule has 2 atom stereocenters. The quantitative estimate of drug-likeness (QED) is 0.201. The number of Topliss-reactive ketones (excluding diaryl/α,β-unsaturated/α-hetero) is 1. The van der Waals surface area contributed by atoms with Gasteiger partial charge in [0.15, 0.2) is 5.78 Å². The first-order valence-corrected chi connectivity index (χ1v) is 12.4. The summed E-state index contributed by atoms with van der Waals surface area (Å²) in [5.41, 5.74) is 1.60. The molecule has 0 N–H and O–H groups in total. The van der Waals surface area contributed by atoms with Gasteiger partial charge in [-0.3, -0.25) is 4.79 Å². The molecule has 0 saturated heterocycles. The number of fused-ring (bicyclic) bond motifs is 1. The average molecular weight is 418 g/mol. The number of ketones is 1. The van der Waals surface area contributed by atoms with Crippen molar-refractivity contribution in [1.29, 1.82) is 0 Å². The van der Waals surface area contributed by atoms with Gasteiger partial charge >= 0.3 is 0 Å². The van der Waals surface area contributed by atoms with Gasteiger partial charge in [0.2, 0.25) is 0 Å². The third-order valence-corrected chi connectivity index (χ3v) is 6.18. The Morgan fingerprint density at radius 1 is 1.00 bits per heavy atom. The molecule has 2 unspecified atom stereocenters. The van der Waals surface area contributed by atoms with E-state index in [1.54, 1.807) is 7.11 Å². The highest BCUT2D eigenvalue weighted by molar-refractivity contribution is 5.99. The number of benzene rings is 1. The van der Waals surface area contributed by atoms with Gasteiger partial charge in [-0.25, -0.2) is 0 Å². The maximum Gasteiger partial charge on any atom is 0.166 e. The number of carbonyl (C=O) groups excluding carboxylic acids is 1. The van der Waals surface area contributed by atoms with Crippen molar-refractivity contribution < 1.29 is 15.6 Å². The molecule has 170 valence electrons. The van der Waals surface area contributed by atoms with Gasteiger partial charge in [0.25, 0.3) is 0 Å². The molecule has 3 heteroatoms. The standard InChI is InChI=1S/C27H44O3/c1-4-5-6-7-8-9-10-11-12-13-14-15-16-17-25(28)24-20-23-19-18-22(2)30-26(23)21-27(24)29-3/h20-22H,4-19H2,1-3H3/i17D. The van der Waals surface area contributed by atoms with E-state index in [9.17, 15) is 4.79 Å². The molecule has 30 heavy (non-hydrogen) atoms. The first-order chi connectivity index (χ1) is 15.1. The molecule has 0 radical (unpaired) electrons. The fraction of sp³-hybridized carbons (Fsp3) is 0.741. The molecular weight excluding hydrogens is 372 g/mol. The molecular formula is C27H44O3. The molecule has 1 aromatic rings. The number of methoxy groups -OCH3 is 1. The first-order valence-electron chi connectivity index (χ1n) is 13.0. The van der Waals surface area contributed by atoms with Crippen molar-refractivity contribution in [2.24, 2.45) is 0 Å². The largest absolute Gasteiger partial charge is 0.496 e. The van der Waals surface area contributed by atoms with Crippen LogP contribution in [0.25, 0.3) is 0 Å². The van der Waals surface area contributed by atoms with Gasteiger partial charge in [-0.2, -0.15) is 0 Å². The number of hydrogen-bond acceptors (Lipinski definition) is 3. The molecule has 1 aliphatic rings. The number of rotatable bonds is 16. The highest BCUT2D eigenvalue weighted by atomic mass is 16.5. The van der Waals surface area contributed by atoms with E-state index < -0.39 is 6.40 Å². The molecule has 0 aliphatic carbocycles. The maximum atomic E-state index is 12.9. The summed E-state index contributed by atoms with van der Waals surface area (Å²) in [4.78, 5) is 12.9. The van der Waals surface area contributed by atoms with E-state index in [4.69, 9.17) is 10.8 Å². The molecule has 0 aromatic heterocycles. The van der Waals surface area contributed by atoms with Gasteiger partial charge < -0.3 is 9.47 Å². The molecule has 0 amide bonds. The maximum absolute atomic E-state index is 12.9. The Kier molecular flexibility index (Phi) is 11.2. The lowest BCUT2D eigenvalue weighted by atomic mass is 9.96. The highest BCUT2D eigenvalue weighted by Crippen LogP contribution is 2.35. The Morgan fingerprint density at radius 2 is 1.57 bits per heavy atom. The summed E-state index contributed by atoms with van der Waals surface area (Å²) in [5.74, 6) is 1.22. The molecule has 0 saturated carbocycles. The van der Waals surface area contributed by atoms with E-state index in [1.807, 2.05) is 12.1 Å². The smallest absolute Gasteiger partial charge is 0.166 e. The van der Waals surface area contributed by atoms with Gasteiger partial charge in [-0.1, -0.05) is 84.0 Å². The fourth-order valence-corrected chi connectivity index (χ4v) is 4.24. The van der Waals surface area contributed by atoms with E-state index >= 15 is 0 Å². The molecule has 0 fully saturated rings. The molecule has 0 spiro atoms. The third-order valence-electron chi connectivity index (χ3n) is 6.18. The topological polar surface area (TPSA) is 35.5 Å². The van der Waals surface area contributed by atoms with Gasteiger partial charge in [0, 0.05) is 13.8 Å². The number of carbonyl (C=O) groups is 1. The minimum atomic E-state index is -0.710. The monoisotopic (exact) mass is 417 g/mol. The zero-order valence-electron chi connectivity index (χ0n) is 20.6. The Balaban J connectivity index is 1.65. The first kappa shape index (κ1) is 23.2. The van der Waals surface area contributed by atoms with Crippen molar-refractivity contribution in [3.63, 3.8) is 0 Å². The third kappa shape index (κ3) is 8.70. The van der Waals surface area contributed by atoms with Crippen molar-refractivity contribution in [1.82, 2.24) is 0 Å². The molecule has 0 bridgehead atoms. The van der Waals surface area contributed by atoms with Crippen LogP contribution in [0.1, 0.15) is 127 Å². The van der Waals surface area contributed by atoms with Crippen LogP contribution in [0, 0.1) is 0 Å².